The summed E-state index contributed by atoms with van der Waals surface area (Å²) in [6.45, 7) is 7.80. The number of carbonyl (C=O) groups excluding carboxylic acids is 6. The first-order chi connectivity index (χ1) is 14.3. The van der Waals surface area contributed by atoms with Crippen molar-refractivity contribution < 1.29 is 48.1 Å². The van der Waals surface area contributed by atoms with Crippen LogP contribution in [0.25, 0.3) is 0 Å². The molecule has 10 heteroatoms. The van der Waals surface area contributed by atoms with E-state index in [-0.39, 0.29) is 38.5 Å². The van der Waals surface area contributed by atoms with Crippen LogP contribution in [-0.4, -0.2) is 46.5 Å². The highest BCUT2D eigenvalue weighted by Gasteiger charge is 2.67. The second kappa shape index (κ2) is 12.3. The maximum atomic E-state index is 13.1. The molecular formula is C21H32O10. The Kier molecular flexibility index (Phi) is 11.2. The van der Waals surface area contributed by atoms with Crippen molar-refractivity contribution in [3.05, 3.63) is 0 Å². The maximum Gasteiger partial charge on any atom is 0.347 e. The molecule has 0 heterocycles. The van der Waals surface area contributed by atoms with Crippen molar-refractivity contribution in [2.45, 2.75) is 85.7 Å². The van der Waals surface area contributed by atoms with Gasteiger partial charge in [-0.2, -0.15) is 0 Å². The number of hydrogen-bond donors (Lipinski definition) is 1. The average Bonchev–Trinajstić information content (AvgIpc) is 2.63. The summed E-state index contributed by atoms with van der Waals surface area (Å²) < 4.78 is 14.0. The fourth-order valence-corrected chi connectivity index (χ4v) is 3.83. The first-order valence-electron chi connectivity index (χ1n) is 10.2. The third kappa shape index (κ3) is 6.68. The van der Waals surface area contributed by atoms with Gasteiger partial charge in [0.2, 0.25) is 0 Å². The van der Waals surface area contributed by atoms with Crippen LogP contribution in [0.1, 0.15) is 80.1 Å². The number of ether oxygens (including phenoxy) is 3. The van der Waals surface area contributed by atoms with Crippen LogP contribution < -0.4 is 0 Å². The standard InChI is InChI=1S/C21H32O10/c1-7-10-16(17(25)29-13(4)22)21(28,19(27)31-15(6)24)20(11-8-2,12-9-3)18(26)30-14(5)23/h16,28H,7-12H2,1-6H3. The van der Waals surface area contributed by atoms with E-state index in [1.54, 1.807) is 20.8 Å². The number of esters is 6. The van der Waals surface area contributed by atoms with Gasteiger partial charge in [0.1, 0.15) is 5.41 Å². The summed E-state index contributed by atoms with van der Waals surface area (Å²) in [7, 11) is 0. The number of hydrogen-bond acceptors (Lipinski definition) is 10. The Balaban J connectivity index is 7.12. The van der Waals surface area contributed by atoms with Crippen molar-refractivity contribution in [1.29, 1.82) is 0 Å². The molecular weight excluding hydrogens is 412 g/mol. The minimum Gasteiger partial charge on any atom is -0.393 e. The predicted octanol–water partition coefficient (Wildman–Crippen LogP) is 1.99. The minimum atomic E-state index is -2.94. The molecule has 0 saturated heterocycles. The monoisotopic (exact) mass is 444 g/mol. The first kappa shape index (κ1) is 28.4. The van der Waals surface area contributed by atoms with Crippen molar-refractivity contribution in [1.82, 2.24) is 0 Å². The molecule has 0 aliphatic carbocycles. The van der Waals surface area contributed by atoms with E-state index in [1.165, 1.54) is 0 Å². The zero-order chi connectivity index (χ0) is 24.4. The van der Waals surface area contributed by atoms with Gasteiger partial charge in [0.15, 0.2) is 5.60 Å². The molecule has 0 rings (SSSR count). The summed E-state index contributed by atoms with van der Waals surface area (Å²) in [5, 5.41) is 11.8. The van der Waals surface area contributed by atoms with Crippen LogP contribution in [0.5, 0.6) is 0 Å². The quantitative estimate of drug-likeness (QED) is 0.284. The Bertz CT molecular complexity index is 705. The lowest BCUT2D eigenvalue weighted by atomic mass is 9.60. The number of rotatable bonds is 11. The Morgan fingerprint density at radius 2 is 1.13 bits per heavy atom. The van der Waals surface area contributed by atoms with Gasteiger partial charge in [-0.05, 0) is 19.3 Å². The molecule has 0 fully saturated rings. The van der Waals surface area contributed by atoms with E-state index in [0.717, 1.165) is 20.8 Å². The third-order valence-corrected chi connectivity index (χ3v) is 4.87. The van der Waals surface area contributed by atoms with E-state index in [4.69, 9.17) is 4.74 Å². The molecule has 0 bridgehead atoms. The molecule has 0 aromatic rings. The summed E-state index contributed by atoms with van der Waals surface area (Å²) >= 11 is 0. The predicted molar refractivity (Wildman–Crippen MR) is 106 cm³/mol. The summed E-state index contributed by atoms with van der Waals surface area (Å²) in [6, 6.07) is 0. The molecule has 0 aromatic heterocycles. The van der Waals surface area contributed by atoms with Crippen LogP contribution in [0.15, 0.2) is 0 Å². The van der Waals surface area contributed by atoms with E-state index in [1.807, 2.05) is 0 Å². The largest absolute Gasteiger partial charge is 0.393 e. The highest BCUT2D eigenvalue weighted by molar-refractivity contribution is 6.01. The Morgan fingerprint density at radius 3 is 1.48 bits per heavy atom. The third-order valence-electron chi connectivity index (χ3n) is 4.87. The second-order valence-corrected chi connectivity index (χ2v) is 7.36. The van der Waals surface area contributed by atoms with Crippen molar-refractivity contribution in [3.8, 4) is 0 Å². The van der Waals surface area contributed by atoms with Gasteiger partial charge in [-0.1, -0.05) is 40.0 Å². The van der Waals surface area contributed by atoms with E-state index in [0.29, 0.717) is 0 Å². The van der Waals surface area contributed by atoms with E-state index < -0.39 is 52.7 Å². The lowest BCUT2D eigenvalue weighted by Gasteiger charge is -2.46. The van der Waals surface area contributed by atoms with E-state index >= 15 is 0 Å². The topological polar surface area (TPSA) is 150 Å². The SMILES string of the molecule is CCCC(C(=O)OC(C)=O)C(O)(C(=O)OC(C)=O)C(CCC)(CCC)C(=O)OC(C)=O. The average molecular weight is 444 g/mol. The van der Waals surface area contributed by atoms with Gasteiger partial charge in [0, 0.05) is 20.8 Å². The normalized spacial score (nSPS) is 14.0. The van der Waals surface area contributed by atoms with Gasteiger partial charge >= 0.3 is 35.8 Å². The van der Waals surface area contributed by atoms with Crippen LogP contribution in [0.3, 0.4) is 0 Å². The molecule has 0 amide bonds. The van der Waals surface area contributed by atoms with Crippen molar-refractivity contribution in [2.24, 2.45) is 11.3 Å². The van der Waals surface area contributed by atoms with Gasteiger partial charge in [-0.25, -0.2) is 4.79 Å². The molecule has 0 radical (unpaired) electrons. The highest BCUT2D eigenvalue weighted by atomic mass is 16.6. The van der Waals surface area contributed by atoms with Gasteiger partial charge in [-0.3, -0.25) is 24.0 Å². The molecule has 1 N–H and O–H groups in total. The molecule has 2 unspecified atom stereocenters. The Morgan fingerprint density at radius 1 is 0.710 bits per heavy atom. The molecule has 0 saturated carbocycles. The van der Waals surface area contributed by atoms with Crippen LogP contribution in [0.2, 0.25) is 0 Å². The van der Waals surface area contributed by atoms with Gasteiger partial charge in [-0.15, -0.1) is 0 Å². The van der Waals surface area contributed by atoms with Crippen LogP contribution in [-0.2, 0) is 43.0 Å². The molecule has 176 valence electrons. The molecule has 10 nitrogen and oxygen atoms in total. The molecule has 0 aliphatic heterocycles. The molecule has 2 atom stereocenters. The van der Waals surface area contributed by atoms with Crippen molar-refractivity contribution in [2.75, 3.05) is 0 Å². The zero-order valence-corrected chi connectivity index (χ0v) is 18.9. The summed E-state index contributed by atoms with van der Waals surface area (Å²) in [4.78, 5) is 73.4. The van der Waals surface area contributed by atoms with Crippen molar-refractivity contribution >= 4 is 35.8 Å². The smallest absolute Gasteiger partial charge is 0.347 e. The van der Waals surface area contributed by atoms with E-state index in [2.05, 4.69) is 9.47 Å². The summed E-state index contributed by atoms with van der Waals surface area (Å²) in [6.07, 6.45) is 0.183. The fourth-order valence-electron chi connectivity index (χ4n) is 3.83. The van der Waals surface area contributed by atoms with Crippen molar-refractivity contribution in [3.63, 3.8) is 0 Å². The van der Waals surface area contributed by atoms with Crippen LogP contribution in [0.4, 0.5) is 0 Å². The molecule has 0 spiro atoms. The first-order valence-corrected chi connectivity index (χ1v) is 10.2. The van der Waals surface area contributed by atoms with Crippen LogP contribution in [0, 0.1) is 11.3 Å². The zero-order valence-electron chi connectivity index (χ0n) is 18.9. The summed E-state index contributed by atoms with van der Waals surface area (Å²) in [5.74, 6) is -8.85. The van der Waals surface area contributed by atoms with E-state index in [9.17, 15) is 33.9 Å². The minimum absolute atomic E-state index is 0.177. The number of aliphatic hydroxyl groups is 1. The summed E-state index contributed by atoms with van der Waals surface area (Å²) in [5.41, 5.74) is -5.07. The maximum absolute atomic E-state index is 13.1. The highest BCUT2D eigenvalue weighted by Crippen LogP contribution is 2.48. The van der Waals surface area contributed by atoms with Gasteiger partial charge < -0.3 is 19.3 Å². The fraction of sp³-hybridized carbons (Fsp3) is 0.714. The lowest BCUT2D eigenvalue weighted by Crippen LogP contribution is -2.65. The van der Waals surface area contributed by atoms with Crippen LogP contribution >= 0.6 is 0 Å². The molecule has 31 heavy (non-hydrogen) atoms. The lowest BCUT2D eigenvalue weighted by molar-refractivity contribution is -0.215. The van der Waals surface area contributed by atoms with Gasteiger partial charge in [0.05, 0.1) is 5.92 Å². The number of carbonyl (C=O) groups is 6. The van der Waals surface area contributed by atoms with Gasteiger partial charge in [0.25, 0.3) is 0 Å². The Labute approximate surface area is 181 Å². The molecule has 0 aliphatic rings. The Hall–Kier alpha value is -2.62. The molecule has 0 aromatic carbocycles. The second-order valence-electron chi connectivity index (χ2n) is 7.36.